The van der Waals surface area contributed by atoms with Crippen molar-refractivity contribution in [2.24, 2.45) is 16.7 Å². The maximum absolute atomic E-state index is 12.4. The maximum Gasteiger partial charge on any atom is 0.513 e. The number of hydrogen-bond acceptors (Lipinski definition) is 11. The molecule has 0 radical (unpaired) electrons. The van der Waals surface area contributed by atoms with Crippen LogP contribution in [0.3, 0.4) is 0 Å². The van der Waals surface area contributed by atoms with Crippen LogP contribution in [-0.2, 0) is 30.2 Å². The largest absolute Gasteiger partial charge is 0.513 e. The molecule has 1 unspecified atom stereocenters. The van der Waals surface area contributed by atoms with E-state index in [-0.39, 0.29) is 55.1 Å². The van der Waals surface area contributed by atoms with Crippen molar-refractivity contribution < 1.29 is 52.7 Å². The molecule has 42 heavy (non-hydrogen) atoms. The molecule has 0 saturated carbocycles. The molecule has 0 aliphatic heterocycles. The Morgan fingerprint density at radius 2 is 1.36 bits per heavy atom. The predicted octanol–water partition coefficient (Wildman–Crippen LogP) is 5.98. The Balaban J connectivity index is 2.97. The Hall–Kier alpha value is -3.54. The number of carboxylic acid groups (broad SMARTS) is 1. The lowest BCUT2D eigenvalue weighted by atomic mass is 9.99. The van der Waals surface area contributed by atoms with Crippen LogP contribution in [0.1, 0.15) is 74.3 Å². The third kappa shape index (κ3) is 16.7. The van der Waals surface area contributed by atoms with E-state index >= 15 is 0 Å². The number of benzene rings is 1. The SMILES string of the molecule is CC(C)CCOC(=O)OC(C)CN[C@@H](Cc1ccc(OC(=O)OCC(C)(C)C)c(OC(=O)OCC(C)(C)C)c1)C(=O)O. The minimum Gasteiger partial charge on any atom is -0.480 e. The Kier molecular flexibility index (Phi) is 14.6. The number of hydrogen-bond donors (Lipinski definition) is 2. The highest BCUT2D eigenvalue weighted by atomic mass is 16.7. The van der Waals surface area contributed by atoms with Gasteiger partial charge in [0.25, 0.3) is 0 Å². The zero-order valence-corrected chi connectivity index (χ0v) is 26.2. The van der Waals surface area contributed by atoms with Crippen molar-refractivity contribution in [1.82, 2.24) is 5.32 Å². The molecule has 0 aromatic heterocycles. The van der Waals surface area contributed by atoms with Crippen molar-refractivity contribution in [2.45, 2.75) is 87.3 Å². The van der Waals surface area contributed by atoms with Gasteiger partial charge in [-0.3, -0.25) is 4.79 Å². The Labute approximate surface area is 248 Å². The average molecular weight is 598 g/mol. The lowest BCUT2D eigenvalue weighted by Crippen LogP contribution is -2.42. The summed E-state index contributed by atoms with van der Waals surface area (Å²) in [4.78, 5) is 48.5. The topological polar surface area (TPSA) is 156 Å². The van der Waals surface area contributed by atoms with Crippen LogP contribution < -0.4 is 14.8 Å². The second-order valence-corrected chi connectivity index (χ2v) is 12.9. The number of carboxylic acids is 1. The van der Waals surface area contributed by atoms with E-state index in [0.29, 0.717) is 17.9 Å². The lowest BCUT2D eigenvalue weighted by Gasteiger charge is -2.20. The van der Waals surface area contributed by atoms with Crippen molar-refractivity contribution in [3.8, 4) is 11.5 Å². The highest BCUT2D eigenvalue weighted by molar-refractivity contribution is 5.74. The van der Waals surface area contributed by atoms with E-state index in [2.05, 4.69) is 5.32 Å². The molecule has 1 rings (SSSR count). The van der Waals surface area contributed by atoms with E-state index in [1.165, 1.54) is 18.2 Å². The molecule has 12 nitrogen and oxygen atoms in total. The summed E-state index contributed by atoms with van der Waals surface area (Å²) >= 11 is 0. The van der Waals surface area contributed by atoms with Crippen LogP contribution >= 0.6 is 0 Å². The van der Waals surface area contributed by atoms with Gasteiger partial charge < -0.3 is 38.8 Å². The van der Waals surface area contributed by atoms with Crippen molar-refractivity contribution in [3.63, 3.8) is 0 Å². The van der Waals surface area contributed by atoms with Gasteiger partial charge in [-0.05, 0) is 54.2 Å². The van der Waals surface area contributed by atoms with Gasteiger partial charge in [-0.1, -0.05) is 61.5 Å². The highest BCUT2D eigenvalue weighted by Gasteiger charge is 2.24. The molecule has 0 spiro atoms. The Morgan fingerprint density at radius 1 is 0.810 bits per heavy atom. The summed E-state index contributed by atoms with van der Waals surface area (Å²) in [6.07, 6.45) is -2.84. The zero-order chi connectivity index (χ0) is 32.1. The van der Waals surface area contributed by atoms with Crippen LogP contribution in [0.2, 0.25) is 0 Å². The summed E-state index contributed by atoms with van der Waals surface area (Å²) in [5.74, 6) is -1.04. The number of nitrogens with one attached hydrogen (secondary N) is 1. The molecule has 2 N–H and O–H groups in total. The highest BCUT2D eigenvalue weighted by Crippen LogP contribution is 2.30. The lowest BCUT2D eigenvalue weighted by molar-refractivity contribution is -0.139. The van der Waals surface area contributed by atoms with Crippen molar-refractivity contribution in [1.29, 1.82) is 0 Å². The van der Waals surface area contributed by atoms with E-state index < -0.39 is 36.6 Å². The van der Waals surface area contributed by atoms with Gasteiger partial charge in [-0.15, -0.1) is 0 Å². The van der Waals surface area contributed by atoms with Crippen molar-refractivity contribution in [3.05, 3.63) is 23.8 Å². The fourth-order valence-corrected chi connectivity index (χ4v) is 3.04. The molecule has 0 bridgehead atoms. The van der Waals surface area contributed by atoms with Gasteiger partial charge in [-0.25, -0.2) is 14.4 Å². The monoisotopic (exact) mass is 597 g/mol. The van der Waals surface area contributed by atoms with Crippen LogP contribution in [0.15, 0.2) is 18.2 Å². The molecule has 0 fully saturated rings. The first-order valence-corrected chi connectivity index (χ1v) is 14.0. The molecule has 0 amide bonds. The molecular weight excluding hydrogens is 550 g/mol. The maximum atomic E-state index is 12.4. The molecule has 238 valence electrons. The minimum absolute atomic E-state index is 0.0387. The fourth-order valence-electron chi connectivity index (χ4n) is 3.04. The summed E-state index contributed by atoms with van der Waals surface area (Å²) in [6, 6.07) is 3.20. The smallest absolute Gasteiger partial charge is 0.480 e. The molecule has 1 aromatic rings. The molecule has 1 aromatic carbocycles. The molecule has 0 heterocycles. The predicted molar refractivity (Wildman–Crippen MR) is 154 cm³/mol. The van der Waals surface area contributed by atoms with Gasteiger partial charge in [0.2, 0.25) is 0 Å². The second kappa shape index (κ2) is 16.8. The Morgan fingerprint density at radius 3 is 1.86 bits per heavy atom. The minimum atomic E-state index is -1.15. The number of carbonyl (C=O) groups is 4. The first-order valence-electron chi connectivity index (χ1n) is 14.0. The van der Waals surface area contributed by atoms with Crippen LogP contribution in [0.4, 0.5) is 14.4 Å². The summed E-state index contributed by atoms with van der Waals surface area (Å²) in [6.45, 7) is 17.3. The molecule has 0 aliphatic rings. The van der Waals surface area contributed by atoms with E-state index in [1.807, 2.05) is 55.4 Å². The van der Waals surface area contributed by atoms with E-state index in [1.54, 1.807) is 6.92 Å². The van der Waals surface area contributed by atoms with Crippen LogP contribution in [0, 0.1) is 16.7 Å². The number of aliphatic carboxylic acids is 1. The van der Waals surface area contributed by atoms with Gasteiger partial charge in [0.05, 0.1) is 19.8 Å². The van der Waals surface area contributed by atoms with Gasteiger partial charge in [-0.2, -0.15) is 0 Å². The third-order valence-electron chi connectivity index (χ3n) is 5.24. The van der Waals surface area contributed by atoms with Gasteiger partial charge in [0.15, 0.2) is 11.5 Å². The summed E-state index contributed by atoms with van der Waals surface area (Å²) in [5, 5.41) is 12.6. The summed E-state index contributed by atoms with van der Waals surface area (Å²) in [7, 11) is 0. The quantitative estimate of drug-likeness (QED) is 0.147. The zero-order valence-electron chi connectivity index (χ0n) is 26.2. The fraction of sp³-hybridized carbons (Fsp3) is 0.667. The van der Waals surface area contributed by atoms with Gasteiger partial charge in [0, 0.05) is 6.54 Å². The first-order chi connectivity index (χ1) is 19.3. The molecule has 12 heteroatoms. The first kappa shape index (κ1) is 36.5. The summed E-state index contributed by atoms with van der Waals surface area (Å²) < 4.78 is 31.1. The second-order valence-electron chi connectivity index (χ2n) is 12.9. The average Bonchev–Trinajstić information content (AvgIpc) is 2.84. The normalized spacial score (nSPS) is 13.1. The van der Waals surface area contributed by atoms with Gasteiger partial charge >= 0.3 is 24.4 Å². The van der Waals surface area contributed by atoms with E-state index in [4.69, 9.17) is 28.4 Å². The van der Waals surface area contributed by atoms with Crippen molar-refractivity contribution >= 4 is 24.4 Å². The summed E-state index contributed by atoms with van der Waals surface area (Å²) in [5.41, 5.74) is -0.164. The molecule has 0 saturated heterocycles. The molecule has 0 aliphatic carbocycles. The number of ether oxygens (including phenoxy) is 6. The van der Waals surface area contributed by atoms with Crippen molar-refractivity contribution in [2.75, 3.05) is 26.4 Å². The van der Waals surface area contributed by atoms with E-state index in [0.717, 1.165) is 0 Å². The molecule has 2 atom stereocenters. The van der Waals surface area contributed by atoms with Crippen LogP contribution in [0.5, 0.6) is 11.5 Å². The van der Waals surface area contributed by atoms with E-state index in [9.17, 15) is 24.3 Å². The molecular formula is C30H47NO11. The third-order valence-corrected chi connectivity index (χ3v) is 5.24. The van der Waals surface area contributed by atoms with Gasteiger partial charge in [0.1, 0.15) is 12.1 Å². The Bertz CT molecular complexity index is 1040. The van der Waals surface area contributed by atoms with Crippen LogP contribution in [0.25, 0.3) is 0 Å². The number of carbonyl (C=O) groups excluding carboxylic acids is 3. The van der Waals surface area contributed by atoms with Crippen LogP contribution in [-0.4, -0.2) is 68.1 Å². The standard InChI is InChI=1S/C30H47NO11/c1-19(2)12-13-37-26(34)40-20(3)16-31-22(25(32)33)14-21-10-11-23(41-27(35)38-17-29(4,5)6)24(15-21)42-28(36)39-18-30(7,8)9/h10-11,15,19-20,22,31H,12-14,16-18H2,1-9H3,(H,32,33)/t20?,22-/m0/s1. The number of rotatable bonds is 14.